The van der Waals surface area contributed by atoms with E-state index in [4.69, 9.17) is 4.74 Å². The average Bonchev–Trinajstić information content (AvgIpc) is 2.17. The highest BCUT2D eigenvalue weighted by Crippen LogP contribution is 2.16. The molecule has 0 fully saturated rings. The highest BCUT2D eigenvalue weighted by molar-refractivity contribution is 14.1. The monoisotopic (exact) mass is 306 g/mol. The van der Waals surface area contributed by atoms with Gasteiger partial charge in [0, 0.05) is 3.57 Å². The van der Waals surface area contributed by atoms with Crippen molar-refractivity contribution in [2.24, 2.45) is 0 Å². The molecule has 1 N–H and O–H groups in total. The van der Waals surface area contributed by atoms with Crippen molar-refractivity contribution in [1.82, 2.24) is 0 Å². The summed E-state index contributed by atoms with van der Waals surface area (Å²) in [7, 11) is 0. The Labute approximate surface area is 98.4 Å². The molecule has 0 aliphatic rings. The van der Waals surface area contributed by atoms with Gasteiger partial charge in [-0.15, -0.1) is 0 Å². The van der Waals surface area contributed by atoms with E-state index in [2.05, 4.69) is 22.6 Å². The molecule has 0 aliphatic heterocycles. The van der Waals surface area contributed by atoms with Gasteiger partial charge in [-0.05, 0) is 60.2 Å². The summed E-state index contributed by atoms with van der Waals surface area (Å²) in [4.78, 5) is 0. The van der Waals surface area contributed by atoms with Crippen LogP contribution >= 0.6 is 22.6 Å². The van der Waals surface area contributed by atoms with Crippen LogP contribution in [0, 0.1) is 3.57 Å². The summed E-state index contributed by atoms with van der Waals surface area (Å²) >= 11 is 2.24. The minimum absolute atomic E-state index is 0.337. The standard InChI is InChI=1S/C11H15IO2/c1-3-11(2,13)8-14-10-6-4-9(12)5-7-10/h4-7,13H,3,8H2,1-2H3. The lowest BCUT2D eigenvalue weighted by atomic mass is 10.1. The van der Waals surface area contributed by atoms with Crippen LogP contribution in [0.1, 0.15) is 20.3 Å². The fraction of sp³-hybridized carbons (Fsp3) is 0.455. The predicted octanol–water partition coefficient (Wildman–Crippen LogP) is 2.83. The van der Waals surface area contributed by atoms with Crippen LogP contribution < -0.4 is 4.74 Å². The molecule has 1 unspecified atom stereocenters. The van der Waals surface area contributed by atoms with Crippen LogP contribution in [0.3, 0.4) is 0 Å². The Hall–Kier alpha value is -0.290. The SMILES string of the molecule is CCC(C)(O)COc1ccc(I)cc1. The van der Waals surface area contributed by atoms with Gasteiger partial charge in [0.05, 0.1) is 5.60 Å². The second kappa shape index (κ2) is 4.98. The first-order valence-electron chi connectivity index (χ1n) is 4.64. The molecule has 0 saturated carbocycles. The second-order valence-corrected chi connectivity index (χ2v) is 4.84. The van der Waals surface area contributed by atoms with Crippen molar-refractivity contribution < 1.29 is 9.84 Å². The van der Waals surface area contributed by atoms with Crippen LogP contribution in [0.4, 0.5) is 0 Å². The van der Waals surface area contributed by atoms with Gasteiger partial charge in [-0.2, -0.15) is 0 Å². The first kappa shape index (κ1) is 11.8. The number of aliphatic hydroxyl groups is 1. The minimum atomic E-state index is -0.733. The molecule has 2 nitrogen and oxygen atoms in total. The molecule has 0 saturated heterocycles. The molecule has 0 aliphatic carbocycles. The van der Waals surface area contributed by atoms with E-state index in [-0.39, 0.29) is 0 Å². The molecule has 3 heteroatoms. The molecule has 0 radical (unpaired) electrons. The van der Waals surface area contributed by atoms with Gasteiger partial charge >= 0.3 is 0 Å². The molecule has 0 amide bonds. The zero-order valence-corrected chi connectivity index (χ0v) is 10.6. The topological polar surface area (TPSA) is 29.5 Å². The van der Waals surface area contributed by atoms with Gasteiger partial charge in [-0.1, -0.05) is 6.92 Å². The number of hydrogen-bond donors (Lipinski definition) is 1. The van der Waals surface area contributed by atoms with Gasteiger partial charge in [-0.3, -0.25) is 0 Å². The highest BCUT2D eigenvalue weighted by Gasteiger charge is 2.18. The smallest absolute Gasteiger partial charge is 0.119 e. The Bertz CT molecular complexity index is 280. The van der Waals surface area contributed by atoms with Gasteiger partial charge in [-0.25, -0.2) is 0 Å². The van der Waals surface area contributed by atoms with Crippen molar-refractivity contribution in [1.29, 1.82) is 0 Å². The highest BCUT2D eigenvalue weighted by atomic mass is 127. The maximum Gasteiger partial charge on any atom is 0.119 e. The van der Waals surface area contributed by atoms with Crippen molar-refractivity contribution in [3.8, 4) is 5.75 Å². The van der Waals surface area contributed by atoms with Gasteiger partial charge in [0.2, 0.25) is 0 Å². The number of halogens is 1. The van der Waals surface area contributed by atoms with Crippen molar-refractivity contribution in [3.63, 3.8) is 0 Å². The number of benzene rings is 1. The Balaban J connectivity index is 2.50. The van der Waals surface area contributed by atoms with Gasteiger partial charge in [0.15, 0.2) is 0 Å². The maximum atomic E-state index is 9.71. The Kier molecular flexibility index (Phi) is 4.19. The van der Waals surface area contributed by atoms with E-state index in [0.29, 0.717) is 13.0 Å². The summed E-state index contributed by atoms with van der Waals surface area (Å²) in [6, 6.07) is 7.79. The Morgan fingerprint density at radius 3 is 2.43 bits per heavy atom. The van der Waals surface area contributed by atoms with Crippen LogP contribution in [0.15, 0.2) is 24.3 Å². The summed E-state index contributed by atoms with van der Waals surface area (Å²) in [6.07, 6.45) is 0.692. The third-order valence-electron chi connectivity index (χ3n) is 2.13. The molecule has 1 aromatic carbocycles. The number of rotatable bonds is 4. The molecule has 1 rings (SSSR count). The van der Waals surface area contributed by atoms with E-state index in [1.165, 1.54) is 3.57 Å². The van der Waals surface area contributed by atoms with Crippen LogP contribution in [0.2, 0.25) is 0 Å². The summed E-state index contributed by atoms with van der Waals surface area (Å²) in [5.74, 6) is 0.805. The van der Waals surface area contributed by atoms with Crippen molar-refractivity contribution >= 4 is 22.6 Å². The van der Waals surface area contributed by atoms with Gasteiger partial charge in [0.25, 0.3) is 0 Å². The molecule has 1 atom stereocenters. The van der Waals surface area contributed by atoms with E-state index in [0.717, 1.165) is 5.75 Å². The summed E-state index contributed by atoms with van der Waals surface area (Å²) in [6.45, 7) is 4.06. The Morgan fingerprint density at radius 2 is 1.93 bits per heavy atom. The molecule has 0 spiro atoms. The molecule has 0 aromatic heterocycles. The zero-order valence-electron chi connectivity index (χ0n) is 8.46. The van der Waals surface area contributed by atoms with Crippen LogP contribution in [-0.2, 0) is 0 Å². The lowest BCUT2D eigenvalue weighted by Crippen LogP contribution is -2.31. The normalized spacial score (nSPS) is 14.9. The summed E-state index contributed by atoms with van der Waals surface area (Å²) in [5, 5.41) is 9.71. The Morgan fingerprint density at radius 1 is 1.36 bits per heavy atom. The second-order valence-electron chi connectivity index (χ2n) is 3.59. The molecule has 78 valence electrons. The van der Waals surface area contributed by atoms with E-state index in [9.17, 15) is 5.11 Å². The molecular weight excluding hydrogens is 291 g/mol. The van der Waals surface area contributed by atoms with Crippen LogP contribution in [-0.4, -0.2) is 17.3 Å². The largest absolute Gasteiger partial charge is 0.491 e. The zero-order chi connectivity index (χ0) is 10.6. The third kappa shape index (κ3) is 3.84. The molecule has 0 heterocycles. The molecule has 0 bridgehead atoms. The van der Waals surface area contributed by atoms with Gasteiger partial charge in [0.1, 0.15) is 12.4 Å². The van der Waals surface area contributed by atoms with Crippen molar-refractivity contribution in [3.05, 3.63) is 27.8 Å². The van der Waals surface area contributed by atoms with E-state index < -0.39 is 5.60 Å². The van der Waals surface area contributed by atoms with E-state index >= 15 is 0 Å². The first-order chi connectivity index (χ1) is 6.53. The molecular formula is C11H15IO2. The fourth-order valence-electron chi connectivity index (χ4n) is 0.872. The lowest BCUT2D eigenvalue weighted by molar-refractivity contribution is 0.00846. The lowest BCUT2D eigenvalue weighted by Gasteiger charge is -2.21. The summed E-state index contributed by atoms with van der Waals surface area (Å²) in [5.41, 5.74) is -0.733. The van der Waals surface area contributed by atoms with Crippen molar-refractivity contribution in [2.45, 2.75) is 25.9 Å². The minimum Gasteiger partial charge on any atom is -0.491 e. The van der Waals surface area contributed by atoms with Crippen LogP contribution in [0.25, 0.3) is 0 Å². The van der Waals surface area contributed by atoms with Crippen LogP contribution in [0.5, 0.6) is 5.75 Å². The quantitative estimate of drug-likeness (QED) is 0.867. The number of ether oxygens (including phenoxy) is 1. The third-order valence-corrected chi connectivity index (χ3v) is 2.84. The average molecular weight is 306 g/mol. The maximum absolute atomic E-state index is 9.71. The van der Waals surface area contributed by atoms with E-state index in [1.807, 2.05) is 31.2 Å². The first-order valence-corrected chi connectivity index (χ1v) is 5.72. The predicted molar refractivity (Wildman–Crippen MR) is 65.6 cm³/mol. The fourth-order valence-corrected chi connectivity index (χ4v) is 1.23. The van der Waals surface area contributed by atoms with E-state index in [1.54, 1.807) is 6.92 Å². The number of hydrogen-bond acceptors (Lipinski definition) is 2. The van der Waals surface area contributed by atoms with Crippen molar-refractivity contribution in [2.75, 3.05) is 6.61 Å². The molecule has 14 heavy (non-hydrogen) atoms. The van der Waals surface area contributed by atoms with Gasteiger partial charge < -0.3 is 9.84 Å². The molecule has 1 aromatic rings. The summed E-state index contributed by atoms with van der Waals surface area (Å²) < 4.78 is 6.64.